The van der Waals surface area contributed by atoms with Gasteiger partial charge in [-0.1, -0.05) is 12.1 Å². The third kappa shape index (κ3) is 3.26. The number of hydrogen-bond donors (Lipinski definition) is 2. The molecule has 2 rings (SSSR count). The number of amides is 1. The molecule has 94 valence electrons. The molecule has 1 fully saturated rings. The van der Waals surface area contributed by atoms with Crippen molar-refractivity contribution in [1.82, 2.24) is 20.8 Å². The minimum atomic E-state index is -0.0635. The van der Waals surface area contributed by atoms with E-state index in [1.54, 1.807) is 0 Å². The van der Waals surface area contributed by atoms with Gasteiger partial charge in [0.25, 0.3) is 0 Å². The summed E-state index contributed by atoms with van der Waals surface area (Å²) in [6.07, 6.45) is 4.19. The largest absolute Gasteiger partial charge is 0.354 e. The predicted octanol–water partition coefficient (Wildman–Crippen LogP) is 0.116. The molecule has 0 saturated carbocycles. The molecule has 1 aliphatic heterocycles. The van der Waals surface area contributed by atoms with Crippen molar-refractivity contribution in [3.8, 4) is 0 Å². The molecule has 1 aliphatic rings. The number of carbonyl (C=O) groups is 1. The summed E-state index contributed by atoms with van der Waals surface area (Å²) in [5.41, 5.74) is 0. The fraction of sp³-hybridized carbons (Fsp3) is 0.727. The zero-order valence-corrected chi connectivity index (χ0v) is 9.98. The van der Waals surface area contributed by atoms with Crippen LogP contribution in [0.3, 0.4) is 0 Å². The van der Waals surface area contributed by atoms with Crippen molar-refractivity contribution < 1.29 is 9.32 Å². The number of rotatable bonds is 4. The van der Waals surface area contributed by atoms with E-state index in [-0.39, 0.29) is 11.9 Å². The van der Waals surface area contributed by atoms with Crippen LogP contribution in [-0.2, 0) is 11.2 Å². The Morgan fingerprint density at radius 3 is 3.29 bits per heavy atom. The first-order chi connectivity index (χ1) is 8.27. The van der Waals surface area contributed by atoms with Gasteiger partial charge in [-0.2, -0.15) is 4.98 Å². The highest BCUT2D eigenvalue weighted by molar-refractivity contribution is 5.82. The first kappa shape index (κ1) is 12.0. The average molecular weight is 238 g/mol. The van der Waals surface area contributed by atoms with E-state index < -0.39 is 0 Å². The predicted molar refractivity (Wildman–Crippen MR) is 61.2 cm³/mol. The highest BCUT2D eigenvalue weighted by Gasteiger charge is 2.26. The van der Waals surface area contributed by atoms with Crippen molar-refractivity contribution in [3.63, 3.8) is 0 Å². The van der Waals surface area contributed by atoms with Crippen LogP contribution in [0.5, 0.6) is 0 Å². The Labute approximate surface area is 100 Å². The summed E-state index contributed by atoms with van der Waals surface area (Å²) in [7, 11) is 0. The highest BCUT2D eigenvalue weighted by atomic mass is 16.5. The third-order valence-corrected chi connectivity index (χ3v) is 3.10. The Morgan fingerprint density at radius 1 is 1.71 bits per heavy atom. The molecule has 1 amide bonds. The van der Waals surface area contributed by atoms with Gasteiger partial charge in [0.2, 0.25) is 11.8 Å². The Morgan fingerprint density at radius 2 is 2.59 bits per heavy atom. The van der Waals surface area contributed by atoms with Crippen molar-refractivity contribution in [2.24, 2.45) is 5.92 Å². The second kappa shape index (κ2) is 5.77. The van der Waals surface area contributed by atoms with Crippen molar-refractivity contribution in [2.75, 3.05) is 13.1 Å². The molecule has 1 aromatic heterocycles. The van der Waals surface area contributed by atoms with E-state index in [1.807, 2.05) is 0 Å². The van der Waals surface area contributed by atoms with Gasteiger partial charge in [-0.3, -0.25) is 4.79 Å². The molecule has 6 nitrogen and oxygen atoms in total. The molecule has 0 aromatic carbocycles. The second-order valence-corrected chi connectivity index (χ2v) is 4.43. The van der Waals surface area contributed by atoms with Crippen LogP contribution in [0.1, 0.15) is 25.7 Å². The molecule has 6 heteroatoms. The van der Waals surface area contributed by atoms with Crippen molar-refractivity contribution in [1.29, 1.82) is 0 Å². The summed E-state index contributed by atoms with van der Waals surface area (Å²) in [5.74, 6) is 1.01. The van der Waals surface area contributed by atoms with E-state index in [1.165, 1.54) is 6.33 Å². The smallest absolute Gasteiger partial charge is 0.237 e. The molecule has 2 N–H and O–H groups in total. The van der Waals surface area contributed by atoms with Gasteiger partial charge < -0.3 is 15.2 Å². The normalized spacial score (nSPS) is 24.5. The topological polar surface area (TPSA) is 80.0 Å². The van der Waals surface area contributed by atoms with Gasteiger partial charge in [-0.05, 0) is 25.3 Å². The van der Waals surface area contributed by atoms with Crippen LogP contribution in [0, 0.1) is 5.92 Å². The van der Waals surface area contributed by atoms with E-state index in [2.05, 4.69) is 27.7 Å². The molecule has 1 saturated heterocycles. The van der Waals surface area contributed by atoms with E-state index in [0.717, 1.165) is 19.4 Å². The molecule has 17 heavy (non-hydrogen) atoms. The second-order valence-electron chi connectivity index (χ2n) is 4.43. The van der Waals surface area contributed by atoms with Crippen LogP contribution in [0.25, 0.3) is 0 Å². The minimum absolute atomic E-state index is 0.0635. The van der Waals surface area contributed by atoms with E-state index in [9.17, 15) is 4.79 Å². The molecule has 0 radical (unpaired) electrons. The van der Waals surface area contributed by atoms with Gasteiger partial charge in [0, 0.05) is 13.0 Å². The maximum atomic E-state index is 11.9. The summed E-state index contributed by atoms with van der Waals surface area (Å²) in [6, 6.07) is -0.0635. The summed E-state index contributed by atoms with van der Waals surface area (Å²) < 4.78 is 4.85. The number of piperidine rings is 1. The van der Waals surface area contributed by atoms with Crippen LogP contribution in [0.4, 0.5) is 0 Å². The van der Waals surface area contributed by atoms with Gasteiger partial charge in [0.15, 0.2) is 6.33 Å². The molecule has 0 spiro atoms. The maximum absolute atomic E-state index is 11.9. The molecule has 0 aliphatic carbocycles. The van der Waals surface area contributed by atoms with Gasteiger partial charge >= 0.3 is 0 Å². The van der Waals surface area contributed by atoms with Crippen LogP contribution < -0.4 is 10.6 Å². The van der Waals surface area contributed by atoms with Crippen LogP contribution >= 0.6 is 0 Å². The fourth-order valence-electron chi connectivity index (χ4n) is 2.11. The standard InChI is InChI=1S/C11H18N4O2/c1-8-3-2-5-12-10(8)11(16)13-6-4-9-14-7-15-17-9/h7-8,10,12H,2-6H2,1H3,(H,13,16). The van der Waals surface area contributed by atoms with E-state index >= 15 is 0 Å². The zero-order valence-electron chi connectivity index (χ0n) is 9.98. The van der Waals surface area contributed by atoms with Gasteiger partial charge in [0.05, 0.1) is 6.04 Å². The third-order valence-electron chi connectivity index (χ3n) is 3.10. The number of hydrogen-bond acceptors (Lipinski definition) is 5. The lowest BCUT2D eigenvalue weighted by molar-refractivity contribution is -0.124. The van der Waals surface area contributed by atoms with Gasteiger partial charge in [-0.25, -0.2) is 0 Å². The summed E-state index contributed by atoms with van der Waals surface area (Å²) in [6.45, 7) is 3.56. The molecular formula is C11H18N4O2. The minimum Gasteiger partial charge on any atom is -0.354 e. The molecule has 2 atom stereocenters. The summed E-state index contributed by atoms with van der Waals surface area (Å²) >= 11 is 0. The summed E-state index contributed by atoms with van der Waals surface area (Å²) in [5, 5.41) is 9.65. The van der Waals surface area contributed by atoms with Crippen molar-refractivity contribution >= 4 is 5.91 Å². The highest BCUT2D eigenvalue weighted by Crippen LogP contribution is 2.15. The lowest BCUT2D eigenvalue weighted by Gasteiger charge is -2.28. The average Bonchev–Trinajstić information content (AvgIpc) is 2.82. The number of carbonyl (C=O) groups excluding carboxylic acids is 1. The van der Waals surface area contributed by atoms with Crippen LogP contribution in [-0.4, -0.2) is 35.2 Å². The lowest BCUT2D eigenvalue weighted by atomic mass is 9.92. The van der Waals surface area contributed by atoms with Gasteiger partial charge in [-0.15, -0.1) is 0 Å². The maximum Gasteiger partial charge on any atom is 0.237 e. The first-order valence-corrected chi connectivity index (χ1v) is 6.04. The first-order valence-electron chi connectivity index (χ1n) is 6.04. The molecular weight excluding hydrogens is 220 g/mol. The monoisotopic (exact) mass is 238 g/mol. The summed E-state index contributed by atoms with van der Waals surface area (Å²) in [4.78, 5) is 15.8. The van der Waals surface area contributed by atoms with E-state index in [4.69, 9.17) is 4.52 Å². The number of nitrogens with one attached hydrogen (secondary N) is 2. The SMILES string of the molecule is CC1CCCNC1C(=O)NCCc1ncno1. The number of nitrogens with zero attached hydrogens (tertiary/aromatic N) is 2. The Hall–Kier alpha value is -1.43. The molecule has 2 heterocycles. The lowest BCUT2D eigenvalue weighted by Crippen LogP contribution is -2.51. The Balaban J connectivity index is 1.73. The van der Waals surface area contributed by atoms with Gasteiger partial charge in [0.1, 0.15) is 0 Å². The van der Waals surface area contributed by atoms with E-state index in [0.29, 0.717) is 24.8 Å². The molecule has 2 unspecified atom stereocenters. The Kier molecular flexibility index (Phi) is 4.08. The molecule has 1 aromatic rings. The van der Waals surface area contributed by atoms with Crippen LogP contribution in [0.15, 0.2) is 10.9 Å². The number of aromatic nitrogens is 2. The molecule has 0 bridgehead atoms. The van der Waals surface area contributed by atoms with Crippen molar-refractivity contribution in [3.05, 3.63) is 12.2 Å². The zero-order chi connectivity index (χ0) is 12.1. The fourth-order valence-corrected chi connectivity index (χ4v) is 2.11. The Bertz CT molecular complexity index is 352. The van der Waals surface area contributed by atoms with Crippen molar-refractivity contribution in [2.45, 2.75) is 32.2 Å². The quantitative estimate of drug-likeness (QED) is 0.778. The van der Waals surface area contributed by atoms with Crippen LogP contribution in [0.2, 0.25) is 0 Å².